The fourth-order valence-corrected chi connectivity index (χ4v) is 2.66. The predicted octanol–water partition coefficient (Wildman–Crippen LogP) is 3.06. The van der Waals surface area contributed by atoms with Gasteiger partial charge in [-0.3, -0.25) is 4.79 Å². The Labute approximate surface area is 133 Å². The number of nitrogen functional groups attached to an aromatic ring is 1. The summed E-state index contributed by atoms with van der Waals surface area (Å²) in [5.41, 5.74) is 8.10. The maximum absolute atomic E-state index is 11.5. The van der Waals surface area contributed by atoms with Crippen LogP contribution < -0.4 is 10.5 Å². The second-order valence-electron chi connectivity index (χ2n) is 4.48. The van der Waals surface area contributed by atoms with E-state index in [0.29, 0.717) is 30.3 Å². The van der Waals surface area contributed by atoms with Crippen molar-refractivity contribution in [1.29, 1.82) is 0 Å². The van der Waals surface area contributed by atoms with Gasteiger partial charge in [-0.1, -0.05) is 12.7 Å². The van der Waals surface area contributed by atoms with Gasteiger partial charge in [-0.2, -0.15) is 0 Å². The van der Waals surface area contributed by atoms with Crippen LogP contribution in [0.3, 0.4) is 0 Å². The number of nitrogens with two attached hydrogens (primary N) is 1. The molecule has 6 heteroatoms. The number of carbonyl (C=O) groups is 1. The number of esters is 1. The van der Waals surface area contributed by atoms with Crippen LogP contribution in [0.4, 0.5) is 5.69 Å². The van der Waals surface area contributed by atoms with E-state index < -0.39 is 0 Å². The van der Waals surface area contributed by atoms with Crippen LogP contribution in [-0.2, 0) is 16.0 Å². The fraction of sp³-hybridized carbons (Fsp3) is 0.250. The van der Waals surface area contributed by atoms with Crippen LogP contribution in [0.2, 0.25) is 0 Å². The molecule has 0 atom stereocenters. The van der Waals surface area contributed by atoms with Crippen molar-refractivity contribution in [3.63, 3.8) is 0 Å². The molecule has 0 amide bonds. The Morgan fingerprint density at radius 1 is 1.50 bits per heavy atom. The number of anilines is 1. The molecule has 116 valence electrons. The fourth-order valence-electron chi connectivity index (χ4n) is 1.84. The Hall–Kier alpha value is -2.34. The third kappa shape index (κ3) is 4.08. The molecule has 0 bridgehead atoms. The zero-order chi connectivity index (χ0) is 15.9. The van der Waals surface area contributed by atoms with Crippen molar-refractivity contribution in [1.82, 2.24) is 4.98 Å². The second-order valence-corrected chi connectivity index (χ2v) is 5.34. The number of nitrogens with zero attached hydrogens (tertiary/aromatic N) is 1. The van der Waals surface area contributed by atoms with Gasteiger partial charge in [-0.15, -0.1) is 11.3 Å². The van der Waals surface area contributed by atoms with Crippen molar-refractivity contribution >= 4 is 23.0 Å². The lowest BCUT2D eigenvalue weighted by molar-refractivity contribution is -0.142. The summed E-state index contributed by atoms with van der Waals surface area (Å²) in [4.78, 5) is 15.9. The first-order valence-corrected chi connectivity index (χ1v) is 7.75. The van der Waals surface area contributed by atoms with E-state index in [1.807, 2.05) is 17.5 Å². The van der Waals surface area contributed by atoms with Crippen molar-refractivity contribution in [3.8, 4) is 16.3 Å². The van der Waals surface area contributed by atoms with Crippen LogP contribution >= 0.6 is 11.3 Å². The Kier molecular flexibility index (Phi) is 5.55. The first-order chi connectivity index (χ1) is 10.6. The molecule has 0 saturated carbocycles. The Balaban J connectivity index is 2.12. The smallest absolute Gasteiger partial charge is 0.311 e. The maximum Gasteiger partial charge on any atom is 0.311 e. The van der Waals surface area contributed by atoms with Crippen LogP contribution in [0.25, 0.3) is 10.6 Å². The lowest BCUT2D eigenvalue weighted by atomic mass is 10.2. The van der Waals surface area contributed by atoms with Gasteiger partial charge in [-0.05, 0) is 25.1 Å². The molecule has 1 aromatic carbocycles. The Morgan fingerprint density at radius 3 is 3.00 bits per heavy atom. The minimum atomic E-state index is -0.271. The SMILES string of the molecule is C=CCOc1ccc(-c2nc(CC(=O)OCC)cs2)cc1N. The normalized spacial score (nSPS) is 10.2. The van der Waals surface area contributed by atoms with Gasteiger partial charge in [0.15, 0.2) is 0 Å². The van der Waals surface area contributed by atoms with E-state index in [9.17, 15) is 4.79 Å². The molecule has 22 heavy (non-hydrogen) atoms. The quantitative estimate of drug-likeness (QED) is 0.482. The number of benzene rings is 1. The molecular weight excluding hydrogens is 300 g/mol. The standard InChI is InChI=1S/C16H18N2O3S/c1-3-7-21-14-6-5-11(8-13(14)17)16-18-12(10-22-16)9-15(19)20-4-2/h3,5-6,8,10H,1,4,7,9,17H2,2H3. The average molecular weight is 318 g/mol. The molecule has 0 fully saturated rings. The summed E-state index contributed by atoms with van der Waals surface area (Å²) in [5, 5.41) is 2.66. The van der Waals surface area contributed by atoms with Crippen LogP contribution in [0.15, 0.2) is 36.2 Å². The molecule has 0 saturated heterocycles. The zero-order valence-electron chi connectivity index (χ0n) is 12.4. The van der Waals surface area contributed by atoms with Crippen molar-refractivity contribution in [2.75, 3.05) is 18.9 Å². The highest BCUT2D eigenvalue weighted by molar-refractivity contribution is 7.13. The van der Waals surface area contributed by atoms with Crippen LogP contribution in [0, 0.1) is 0 Å². The number of thiazole rings is 1. The number of aromatic nitrogens is 1. The maximum atomic E-state index is 11.5. The number of hydrogen-bond donors (Lipinski definition) is 1. The van der Waals surface area contributed by atoms with E-state index in [1.165, 1.54) is 11.3 Å². The molecule has 0 aliphatic heterocycles. The van der Waals surface area contributed by atoms with Crippen molar-refractivity contribution in [2.24, 2.45) is 0 Å². The van der Waals surface area contributed by atoms with Crippen molar-refractivity contribution < 1.29 is 14.3 Å². The van der Waals surface area contributed by atoms with Crippen LogP contribution in [-0.4, -0.2) is 24.2 Å². The monoisotopic (exact) mass is 318 g/mol. The molecule has 0 spiro atoms. The third-order valence-electron chi connectivity index (χ3n) is 2.80. The van der Waals surface area contributed by atoms with E-state index in [1.54, 1.807) is 19.1 Å². The first kappa shape index (κ1) is 16.0. The van der Waals surface area contributed by atoms with Gasteiger partial charge >= 0.3 is 5.97 Å². The molecule has 1 heterocycles. The van der Waals surface area contributed by atoms with E-state index in [-0.39, 0.29) is 12.4 Å². The average Bonchev–Trinajstić information content (AvgIpc) is 2.94. The molecule has 2 N–H and O–H groups in total. The van der Waals surface area contributed by atoms with E-state index in [0.717, 1.165) is 10.6 Å². The minimum Gasteiger partial charge on any atom is -0.487 e. The highest BCUT2D eigenvalue weighted by atomic mass is 32.1. The van der Waals surface area contributed by atoms with Gasteiger partial charge in [0.2, 0.25) is 0 Å². The van der Waals surface area contributed by atoms with Gasteiger partial charge in [0.05, 0.1) is 24.4 Å². The zero-order valence-corrected chi connectivity index (χ0v) is 13.2. The minimum absolute atomic E-state index is 0.181. The Morgan fingerprint density at radius 2 is 2.32 bits per heavy atom. The third-order valence-corrected chi connectivity index (χ3v) is 3.74. The van der Waals surface area contributed by atoms with Crippen LogP contribution in [0.1, 0.15) is 12.6 Å². The largest absolute Gasteiger partial charge is 0.487 e. The van der Waals surface area contributed by atoms with E-state index in [4.69, 9.17) is 15.2 Å². The van der Waals surface area contributed by atoms with Gasteiger partial charge in [-0.25, -0.2) is 4.98 Å². The van der Waals surface area contributed by atoms with Crippen molar-refractivity contribution in [2.45, 2.75) is 13.3 Å². The van der Waals surface area contributed by atoms with E-state index in [2.05, 4.69) is 11.6 Å². The van der Waals surface area contributed by atoms with Gasteiger partial charge in [0, 0.05) is 10.9 Å². The number of hydrogen-bond acceptors (Lipinski definition) is 6. The molecule has 2 aromatic rings. The van der Waals surface area contributed by atoms with Gasteiger partial charge in [0.1, 0.15) is 17.4 Å². The van der Waals surface area contributed by atoms with E-state index >= 15 is 0 Å². The predicted molar refractivity (Wildman–Crippen MR) is 88.0 cm³/mol. The topological polar surface area (TPSA) is 74.4 Å². The van der Waals surface area contributed by atoms with Gasteiger partial charge < -0.3 is 15.2 Å². The molecular formula is C16H18N2O3S. The molecule has 0 radical (unpaired) electrons. The summed E-state index contributed by atoms with van der Waals surface area (Å²) < 4.78 is 10.4. The highest BCUT2D eigenvalue weighted by Crippen LogP contribution is 2.30. The van der Waals surface area contributed by atoms with Gasteiger partial charge in [0.25, 0.3) is 0 Å². The summed E-state index contributed by atoms with van der Waals surface area (Å²) in [6.07, 6.45) is 1.84. The highest BCUT2D eigenvalue weighted by Gasteiger charge is 2.11. The van der Waals surface area contributed by atoms with Crippen molar-refractivity contribution in [3.05, 3.63) is 41.9 Å². The number of rotatable bonds is 7. The lowest BCUT2D eigenvalue weighted by Gasteiger charge is -2.07. The summed E-state index contributed by atoms with van der Waals surface area (Å²) in [5.74, 6) is 0.346. The molecule has 5 nitrogen and oxygen atoms in total. The molecule has 2 rings (SSSR count). The molecule has 0 unspecified atom stereocenters. The molecule has 1 aromatic heterocycles. The number of carbonyl (C=O) groups excluding carboxylic acids is 1. The lowest BCUT2D eigenvalue weighted by Crippen LogP contribution is -2.07. The summed E-state index contributed by atoms with van der Waals surface area (Å²) in [7, 11) is 0. The van der Waals surface area contributed by atoms with Crippen LogP contribution in [0.5, 0.6) is 5.75 Å². The summed E-state index contributed by atoms with van der Waals surface area (Å²) >= 11 is 1.46. The summed E-state index contributed by atoms with van der Waals surface area (Å²) in [6.45, 7) is 6.16. The molecule has 0 aliphatic carbocycles. The Bertz CT molecular complexity index is 667. The molecule has 0 aliphatic rings. The number of ether oxygens (including phenoxy) is 2. The summed E-state index contributed by atoms with van der Waals surface area (Å²) in [6, 6.07) is 5.51. The first-order valence-electron chi connectivity index (χ1n) is 6.87. The second kappa shape index (κ2) is 7.61.